The molecule has 0 amide bonds. The van der Waals surface area contributed by atoms with Gasteiger partial charge >= 0.3 is 0 Å². The molecular formula is C17H17N5O. The number of rotatable bonds is 5. The Morgan fingerprint density at radius 3 is 2.96 bits per heavy atom. The van der Waals surface area contributed by atoms with Crippen molar-refractivity contribution in [2.75, 3.05) is 11.1 Å². The highest BCUT2D eigenvalue weighted by Gasteiger charge is 2.23. The minimum absolute atomic E-state index is 0.490. The molecule has 1 aromatic carbocycles. The number of fused-ring (bicyclic) bond motifs is 1. The zero-order chi connectivity index (χ0) is 15.8. The van der Waals surface area contributed by atoms with Gasteiger partial charge in [-0.05, 0) is 30.5 Å². The maximum atomic E-state index is 11.2. The zero-order valence-corrected chi connectivity index (χ0v) is 12.6. The van der Waals surface area contributed by atoms with E-state index in [1.807, 2.05) is 30.3 Å². The van der Waals surface area contributed by atoms with Gasteiger partial charge in [-0.2, -0.15) is 9.61 Å². The minimum atomic E-state index is 0.490. The summed E-state index contributed by atoms with van der Waals surface area (Å²) in [6, 6.07) is 10.2. The van der Waals surface area contributed by atoms with Crippen LogP contribution in [0.1, 0.15) is 34.5 Å². The first-order chi connectivity index (χ1) is 11.2. The SMILES string of the molecule is Nc1cccc(Cc2cc(NC3CC3)n3ncc(C=O)c3n2)c1. The van der Waals surface area contributed by atoms with Crippen molar-refractivity contribution in [1.29, 1.82) is 0 Å². The third-order valence-corrected chi connectivity index (χ3v) is 3.94. The van der Waals surface area contributed by atoms with Crippen LogP contribution in [0.3, 0.4) is 0 Å². The van der Waals surface area contributed by atoms with Crippen LogP contribution >= 0.6 is 0 Å². The maximum Gasteiger partial charge on any atom is 0.168 e. The van der Waals surface area contributed by atoms with Gasteiger partial charge in [0.25, 0.3) is 0 Å². The standard InChI is InChI=1S/C17H17N5O/c18-13-3-1-2-11(6-13)7-15-8-16(20-14-4-5-14)22-17(21-15)12(10-23)9-19-22/h1-3,6,8-10,14,20H,4-5,7,18H2. The average molecular weight is 307 g/mol. The molecule has 0 spiro atoms. The van der Waals surface area contributed by atoms with Crippen molar-refractivity contribution in [2.45, 2.75) is 25.3 Å². The summed E-state index contributed by atoms with van der Waals surface area (Å²) in [4.78, 5) is 15.8. The van der Waals surface area contributed by atoms with Gasteiger partial charge in [-0.25, -0.2) is 4.98 Å². The topological polar surface area (TPSA) is 85.3 Å². The number of hydrogen-bond acceptors (Lipinski definition) is 5. The van der Waals surface area contributed by atoms with Crippen molar-refractivity contribution in [1.82, 2.24) is 14.6 Å². The van der Waals surface area contributed by atoms with Gasteiger partial charge in [0.05, 0.1) is 17.5 Å². The Kier molecular flexibility index (Phi) is 3.22. The molecule has 1 aliphatic rings. The monoisotopic (exact) mass is 307 g/mol. The summed E-state index contributed by atoms with van der Waals surface area (Å²) < 4.78 is 1.70. The number of nitrogens with zero attached hydrogens (tertiary/aromatic N) is 3. The van der Waals surface area contributed by atoms with E-state index in [0.717, 1.165) is 41.9 Å². The van der Waals surface area contributed by atoms with Gasteiger partial charge in [0.2, 0.25) is 0 Å². The van der Waals surface area contributed by atoms with Gasteiger partial charge in [0.1, 0.15) is 5.82 Å². The Morgan fingerprint density at radius 1 is 1.35 bits per heavy atom. The van der Waals surface area contributed by atoms with Gasteiger partial charge in [0, 0.05) is 24.2 Å². The minimum Gasteiger partial charge on any atom is -0.399 e. The summed E-state index contributed by atoms with van der Waals surface area (Å²) in [6.45, 7) is 0. The Balaban J connectivity index is 1.77. The number of nitrogen functional groups attached to an aromatic ring is 1. The third-order valence-electron chi connectivity index (χ3n) is 3.94. The van der Waals surface area contributed by atoms with Crippen LogP contribution in [0.5, 0.6) is 0 Å². The Labute approximate surface area is 133 Å². The normalized spacial score (nSPS) is 14.1. The van der Waals surface area contributed by atoms with Crippen LogP contribution in [0, 0.1) is 0 Å². The largest absolute Gasteiger partial charge is 0.399 e. The van der Waals surface area contributed by atoms with E-state index in [4.69, 9.17) is 5.73 Å². The molecule has 0 aliphatic heterocycles. The van der Waals surface area contributed by atoms with Crippen molar-refractivity contribution in [3.05, 3.63) is 53.3 Å². The number of aldehydes is 1. The third kappa shape index (κ3) is 2.75. The lowest BCUT2D eigenvalue weighted by Crippen LogP contribution is -2.09. The summed E-state index contributed by atoms with van der Waals surface area (Å²) in [5, 5.41) is 7.73. The van der Waals surface area contributed by atoms with Crippen molar-refractivity contribution in [3.63, 3.8) is 0 Å². The van der Waals surface area contributed by atoms with Crippen molar-refractivity contribution < 1.29 is 4.79 Å². The van der Waals surface area contributed by atoms with Crippen LogP contribution in [0.15, 0.2) is 36.5 Å². The molecule has 0 unspecified atom stereocenters. The van der Waals surface area contributed by atoms with Gasteiger partial charge < -0.3 is 11.1 Å². The molecule has 6 nitrogen and oxygen atoms in total. The van der Waals surface area contributed by atoms with E-state index >= 15 is 0 Å². The second-order valence-electron chi connectivity index (χ2n) is 5.93. The first-order valence-corrected chi connectivity index (χ1v) is 7.67. The lowest BCUT2D eigenvalue weighted by molar-refractivity contribution is 0.112. The molecule has 0 saturated heterocycles. The lowest BCUT2D eigenvalue weighted by atomic mass is 10.1. The molecule has 3 aromatic rings. The molecule has 6 heteroatoms. The average Bonchev–Trinajstić information content (AvgIpc) is 3.24. The number of aromatic nitrogens is 3. The Morgan fingerprint density at radius 2 is 2.22 bits per heavy atom. The molecule has 116 valence electrons. The van der Waals surface area contributed by atoms with E-state index in [9.17, 15) is 4.79 Å². The zero-order valence-electron chi connectivity index (χ0n) is 12.6. The molecule has 0 bridgehead atoms. The number of benzene rings is 1. The molecule has 1 fully saturated rings. The van der Waals surface area contributed by atoms with Gasteiger partial charge in [-0.1, -0.05) is 12.1 Å². The summed E-state index contributed by atoms with van der Waals surface area (Å²) in [6.07, 6.45) is 5.33. The van der Waals surface area contributed by atoms with Crippen LogP contribution in [0.25, 0.3) is 5.65 Å². The summed E-state index contributed by atoms with van der Waals surface area (Å²) >= 11 is 0. The summed E-state index contributed by atoms with van der Waals surface area (Å²) in [5.74, 6) is 0.879. The van der Waals surface area contributed by atoms with E-state index in [0.29, 0.717) is 23.7 Å². The Bertz CT molecular complexity index is 882. The van der Waals surface area contributed by atoms with Crippen LogP contribution in [-0.2, 0) is 6.42 Å². The van der Waals surface area contributed by atoms with Crippen molar-refractivity contribution in [3.8, 4) is 0 Å². The molecule has 4 rings (SSSR count). The molecule has 0 radical (unpaired) electrons. The lowest BCUT2D eigenvalue weighted by Gasteiger charge is -2.10. The quantitative estimate of drug-likeness (QED) is 0.558. The number of carbonyl (C=O) groups excluding carboxylic acids is 1. The fourth-order valence-electron chi connectivity index (χ4n) is 2.66. The number of hydrogen-bond donors (Lipinski definition) is 2. The fourth-order valence-corrected chi connectivity index (χ4v) is 2.66. The second-order valence-corrected chi connectivity index (χ2v) is 5.93. The number of anilines is 2. The van der Waals surface area contributed by atoms with Gasteiger partial charge in [-0.15, -0.1) is 0 Å². The molecular weight excluding hydrogens is 290 g/mol. The molecule has 1 saturated carbocycles. The summed E-state index contributed by atoms with van der Waals surface area (Å²) in [5.41, 5.74) is 9.64. The highest BCUT2D eigenvalue weighted by molar-refractivity contribution is 5.84. The van der Waals surface area contributed by atoms with E-state index in [1.165, 1.54) is 0 Å². The van der Waals surface area contributed by atoms with Crippen LogP contribution < -0.4 is 11.1 Å². The summed E-state index contributed by atoms with van der Waals surface area (Å²) in [7, 11) is 0. The number of nitrogens with one attached hydrogen (secondary N) is 1. The fraction of sp³-hybridized carbons (Fsp3) is 0.235. The van der Waals surface area contributed by atoms with Crippen LogP contribution in [0.4, 0.5) is 11.5 Å². The molecule has 23 heavy (non-hydrogen) atoms. The molecule has 3 N–H and O–H groups in total. The van der Waals surface area contributed by atoms with Crippen molar-refractivity contribution >= 4 is 23.4 Å². The highest BCUT2D eigenvalue weighted by Crippen LogP contribution is 2.26. The van der Waals surface area contributed by atoms with Crippen LogP contribution in [0.2, 0.25) is 0 Å². The second kappa shape index (κ2) is 5.39. The molecule has 2 heterocycles. The molecule has 1 aliphatic carbocycles. The predicted octanol–water partition coefficient (Wildman–Crippen LogP) is 2.29. The first kappa shape index (κ1) is 13.8. The van der Waals surface area contributed by atoms with Crippen LogP contribution in [-0.4, -0.2) is 26.9 Å². The predicted molar refractivity (Wildman–Crippen MR) is 88.7 cm³/mol. The van der Waals surface area contributed by atoms with E-state index in [1.54, 1.807) is 10.7 Å². The first-order valence-electron chi connectivity index (χ1n) is 7.67. The van der Waals surface area contributed by atoms with Gasteiger partial charge in [-0.3, -0.25) is 4.79 Å². The molecule has 0 atom stereocenters. The van der Waals surface area contributed by atoms with E-state index in [-0.39, 0.29) is 0 Å². The Hall–Kier alpha value is -2.89. The van der Waals surface area contributed by atoms with E-state index in [2.05, 4.69) is 15.4 Å². The van der Waals surface area contributed by atoms with Gasteiger partial charge in [0.15, 0.2) is 11.9 Å². The smallest absolute Gasteiger partial charge is 0.168 e. The number of nitrogens with two attached hydrogens (primary N) is 1. The van der Waals surface area contributed by atoms with Crippen molar-refractivity contribution in [2.24, 2.45) is 0 Å². The highest BCUT2D eigenvalue weighted by atomic mass is 16.1. The maximum absolute atomic E-state index is 11.2. The number of carbonyl (C=O) groups is 1. The van der Waals surface area contributed by atoms with E-state index < -0.39 is 0 Å². The molecule has 2 aromatic heterocycles.